The number of imidazole rings is 1. The third-order valence-corrected chi connectivity index (χ3v) is 7.72. The highest BCUT2D eigenvalue weighted by Crippen LogP contribution is 2.32. The van der Waals surface area contributed by atoms with Crippen molar-refractivity contribution in [2.45, 2.75) is 6.54 Å². The number of piperazine rings is 1. The molecule has 1 saturated heterocycles. The van der Waals surface area contributed by atoms with Gasteiger partial charge in [-0.05, 0) is 42.0 Å². The SMILES string of the molecule is N#Cc1cnnc(N2CCN(Cc3ccc(-n4c(-c5cccnc5N)nc5ccc(-c6ccccc6)nc54)cc3)CC2)c1. The summed E-state index contributed by atoms with van der Waals surface area (Å²) in [6, 6.07) is 30.4. The molecule has 1 aliphatic rings. The summed E-state index contributed by atoms with van der Waals surface area (Å²) in [4.78, 5) is 18.9. The highest BCUT2D eigenvalue weighted by atomic mass is 15.3. The molecule has 2 aromatic carbocycles. The second kappa shape index (κ2) is 11.3. The lowest BCUT2D eigenvalue weighted by Crippen LogP contribution is -2.46. The predicted octanol–water partition coefficient (Wildman–Crippen LogP) is 4.72. The molecule has 1 fully saturated rings. The number of fused-ring (bicyclic) bond motifs is 1. The van der Waals surface area contributed by atoms with Crippen LogP contribution in [0.25, 0.3) is 39.5 Å². The van der Waals surface area contributed by atoms with Crippen LogP contribution in [0.15, 0.2) is 97.3 Å². The number of rotatable bonds is 6. The van der Waals surface area contributed by atoms with Crippen molar-refractivity contribution in [3.05, 3.63) is 108 Å². The van der Waals surface area contributed by atoms with Crippen molar-refractivity contribution in [2.24, 2.45) is 0 Å². The number of nitrogens with zero attached hydrogens (tertiary/aromatic N) is 9. The van der Waals surface area contributed by atoms with Crippen LogP contribution in [0.4, 0.5) is 11.6 Å². The first-order valence-electron chi connectivity index (χ1n) is 14.1. The Bertz CT molecular complexity index is 1940. The number of hydrogen-bond acceptors (Lipinski definition) is 9. The largest absolute Gasteiger partial charge is 0.383 e. The first kappa shape index (κ1) is 26.3. The molecule has 210 valence electrons. The first-order chi connectivity index (χ1) is 21.2. The average molecular weight is 565 g/mol. The molecule has 5 heterocycles. The van der Waals surface area contributed by atoms with E-state index in [1.807, 2.05) is 42.5 Å². The molecule has 0 spiro atoms. The normalized spacial score (nSPS) is 13.7. The minimum absolute atomic E-state index is 0.420. The van der Waals surface area contributed by atoms with Crippen LogP contribution in [0.1, 0.15) is 11.1 Å². The van der Waals surface area contributed by atoms with Crippen LogP contribution in [0, 0.1) is 11.3 Å². The number of pyridine rings is 2. The maximum atomic E-state index is 9.18. The standard InChI is InChI=1S/C33H28N10/c34-20-24-19-30(40-37-21-24)42-17-15-41(16-18-42)22-23-8-10-26(11-9-23)43-32(27-7-4-14-36-31(27)35)39-29-13-12-28(38-33(29)43)25-5-2-1-3-6-25/h1-14,19,21H,15-18,22H2,(H2,35,36). The molecule has 0 aliphatic carbocycles. The minimum atomic E-state index is 0.420. The Morgan fingerprint density at radius 2 is 1.67 bits per heavy atom. The van der Waals surface area contributed by atoms with E-state index < -0.39 is 0 Å². The zero-order chi connectivity index (χ0) is 29.2. The predicted molar refractivity (Wildman–Crippen MR) is 166 cm³/mol. The molecule has 0 saturated carbocycles. The van der Waals surface area contributed by atoms with Crippen molar-refractivity contribution in [3.63, 3.8) is 0 Å². The van der Waals surface area contributed by atoms with Crippen molar-refractivity contribution in [2.75, 3.05) is 36.8 Å². The minimum Gasteiger partial charge on any atom is -0.383 e. The van der Waals surface area contributed by atoms with Crippen LogP contribution >= 0.6 is 0 Å². The van der Waals surface area contributed by atoms with E-state index in [0.29, 0.717) is 17.2 Å². The number of nitrogen functional groups attached to an aromatic ring is 1. The van der Waals surface area contributed by atoms with E-state index in [4.69, 9.17) is 15.7 Å². The monoisotopic (exact) mass is 564 g/mol. The molecule has 7 rings (SSSR count). The highest BCUT2D eigenvalue weighted by Gasteiger charge is 2.21. The molecule has 2 N–H and O–H groups in total. The third kappa shape index (κ3) is 5.25. The molecular weight excluding hydrogens is 536 g/mol. The summed E-state index contributed by atoms with van der Waals surface area (Å²) in [5, 5.41) is 17.4. The number of nitrogens with two attached hydrogens (primary N) is 1. The van der Waals surface area contributed by atoms with Gasteiger partial charge in [0.1, 0.15) is 17.4 Å². The van der Waals surface area contributed by atoms with Gasteiger partial charge in [0.25, 0.3) is 0 Å². The molecule has 0 bridgehead atoms. The fraction of sp³-hybridized carbons (Fsp3) is 0.152. The van der Waals surface area contributed by atoms with Gasteiger partial charge in [-0.3, -0.25) is 9.47 Å². The van der Waals surface area contributed by atoms with E-state index >= 15 is 0 Å². The Labute approximate surface area is 248 Å². The van der Waals surface area contributed by atoms with Crippen molar-refractivity contribution >= 4 is 22.8 Å². The van der Waals surface area contributed by atoms with Gasteiger partial charge >= 0.3 is 0 Å². The van der Waals surface area contributed by atoms with E-state index in [9.17, 15) is 5.26 Å². The van der Waals surface area contributed by atoms with E-state index in [1.54, 1.807) is 12.3 Å². The van der Waals surface area contributed by atoms with Gasteiger partial charge in [0.15, 0.2) is 17.3 Å². The average Bonchev–Trinajstić information content (AvgIpc) is 3.44. The third-order valence-electron chi connectivity index (χ3n) is 7.72. The first-order valence-corrected chi connectivity index (χ1v) is 14.1. The Balaban J connectivity index is 1.17. The molecule has 10 heteroatoms. The number of aromatic nitrogens is 6. The van der Waals surface area contributed by atoms with Crippen LogP contribution < -0.4 is 10.6 Å². The topological polar surface area (TPSA) is 126 Å². The Morgan fingerprint density at radius 3 is 2.44 bits per heavy atom. The molecule has 6 aromatic rings. The summed E-state index contributed by atoms with van der Waals surface area (Å²) >= 11 is 0. The Hall–Kier alpha value is -5.66. The lowest BCUT2D eigenvalue weighted by molar-refractivity contribution is 0.249. The van der Waals surface area contributed by atoms with E-state index in [-0.39, 0.29) is 0 Å². The van der Waals surface area contributed by atoms with Gasteiger partial charge in [-0.15, -0.1) is 5.10 Å². The van der Waals surface area contributed by atoms with Gasteiger partial charge < -0.3 is 10.6 Å². The summed E-state index contributed by atoms with van der Waals surface area (Å²) in [6.45, 7) is 4.27. The zero-order valence-corrected chi connectivity index (χ0v) is 23.4. The van der Waals surface area contributed by atoms with Gasteiger partial charge in [0.05, 0.1) is 23.0 Å². The molecular formula is C33H28N10. The maximum Gasteiger partial charge on any atom is 0.165 e. The van der Waals surface area contributed by atoms with Gasteiger partial charge in [0.2, 0.25) is 0 Å². The number of anilines is 2. The number of nitriles is 1. The van der Waals surface area contributed by atoms with E-state index in [2.05, 4.69) is 72.0 Å². The Morgan fingerprint density at radius 1 is 0.860 bits per heavy atom. The fourth-order valence-corrected chi connectivity index (χ4v) is 5.47. The second-order valence-electron chi connectivity index (χ2n) is 10.5. The molecule has 1 aliphatic heterocycles. The molecule has 43 heavy (non-hydrogen) atoms. The van der Waals surface area contributed by atoms with Gasteiger partial charge in [-0.1, -0.05) is 42.5 Å². The smallest absolute Gasteiger partial charge is 0.165 e. The maximum absolute atomic E-state index is 9.18. The van der Waals surface area contributed by atoms with Crippen LogP contribution in [-0.4, -0.2) is 60.8 Å². The lowest BCUT2D eigenvalue weighted by atomic mass is 10.1. The molecule has 0 amide bonds. The van der Waals surface area contributed by atoms with Crippen LogP contribution in [0.2, 0.25) is 0 Å². The fourth-order valence-electron chi connectivity index (χ4n) is 5.47. The van der Waals surface area contributed by atoms with Crippen LogP contribution in [0.5, 0.6) is 0 Å². The van der Waals surface area contributed by atoms with Crippen LogP contribution in [0.3, 0.4) is 0 Å². The van der Waals surface area contributed by atoms with E-state index in [0.717, 1.165) is 72.2 Å². The van der Waals surface area contributed by atoms with Crippen LogP contribution in [-0.2, 0) is 6.54 Å². The van der Waals surface area contributed by atoms with Crippen molar-refractivity contribution in [1.29, 1.82) is 5.26 Å². The molecule has 4 aromatic heterocycles. The molecule has 0 unspecified atom stereocenters. The molecule has 10 nitrogen and oxygen atoms in total. The highest BCUT2D eigenvalue weighted by molar-refractivity contribution is 5.84. The van der Waals surface area contributed by atoms with Crippen molar-refractivity contribution in [1.82, 2.24) is 34.6 Å². The van der Waals surface area contributed by atoms with Crippen molar-refractivity contribution in [3.8, 4) is 34.4 Å². The zero-order valence-electron chi connectivity index (χ0n) is 23.4. The van der Waals surface area contributed by atoms with Gasteiger partial charge in [-0.25, -0.2) is 15.0 Å². The quantitative estimate of drug-likeness (QED) is 0.306. The summed E-state index contributed by atoms with van der Waals surface area (Å²) in [7, 11) is 0. The van der Waals surface area contributed by atoms with Crippen molar-refractivity contribution < 1.29 is 0 Å². The van der Waals surface area contributed by atoms with Gasteiger partial charge in [0, 0.05) is 56.2 Å². The summed E-state index contributed by atoms with van der Waals surface area (Å²) in [5.41, 5.74) is 13.2. The number of benzene rings is 2. The van der Waals surface area contributed by atoms with E-state index in [1.165, 1.54) is 11.8 Å². The number of hydrogen-bond donors (Lipinski definition) is 1. The summed E-state index contributed by atoms with van der Waals surface area (Å²) < 4.78 is 2.06. The summed E-state index contributed by atoms with van der Waals surface area (Å²) in [6.07, 6.45) is 3.17. The Kier molecular flexibility index (Phi) is 6.91. The second-order valence-corrected chi connectivity index (χ2v) is 10.5. The van der Waals surface area contributed by atoms with Gasteiger partial charge in [-0.2, -0.15) is 10.4 Å². The molecule has 0 radical (unpaired) electrons. The molecule has 0 atom stereocenters. The lowest BCUT2D eigenvalue weighted by Gasteiger charge is -2.35. The summed E-state index contributed by atoms with van der Waals surface area (Å²) in [5.74, 6) is 1.87.